The van der Waals surface area contributed by atoms with Gasteiger partial charge >= 0.3 is 0 Å². The van der Waals surface area contributed by atoms with Gasteiger partial charge in [-0.05, 0) is 61.7 Å². The van der Waals surface area contributed by atoms with E-state index in [1.165, 1.54) is 27.8 Å². The smallest absolute Gasteiger partial charge is 0.124 e. The van der Waals surface area contributed by atoms with Crippen LogP contribution in [0.15, 0.2) is 30.6 Å². The van der Waals surface area contributed by atoms with Gasteiger partial charge in [0.15, 0.2) is 0 Å². The Labute approximate surface area is 127 Å². The summed E-state index contributed by atoms with van der Waals surface area (Å²) in [5.74, 6) is 0.940. The van der Waals surface area contributed by atoms with E-state index in [0.717, 1.165) is 12.3 Å². The number of nitrogens with one attached hydrogen (secondary N) is 1. The molecule has 0 aliphatic carbocycles. The molecule has 0 aliphatic rings. The van der Waals surface area contributed by atoms with Crippen molar-refractivity contribution in [2.45, 2.75) is 33.7 Å². The van der Waals surface area contributed by atoms with Crippen LogP contribution in [0.5, 0.6) is 5.75 Å². The van der Waals surface area contributed by atoms with E-state index >= 15 is 0 Å². The molecule has 0 spiro atoms. The summed E-state index contributed by atoms with van der Waals surface area (Å²) >= 11 is 0. The minimum atomic E-state index is 0.119. The third-order valence-electron chi connectivity index (χ3n) is 3.78. The van der Waals surface area contributed by atoms with Crippen molar-refractivity contribution in [2.75, 3.05) is 13.7 Å². The Bertz CT molecular complexity index is 623. The molecule has 0 amide bonds. The maximum Gasteiger partial charge on any atom is 0.124 e. The first-order chi connectivity index (χ1) is 10.1. The normalized spacial score (nSPS) is 12.2. The molecule has 1 N–H and O–H groups in total. The molecular formula is C18H24N2O. The predicted octanol–water partition coefficient (Wildman–Crippen LogP) is 3.71. The van der Waals surface area contributed by atoms with Gasteiger partial charge < -0.3 is 10.1 Å². The second-order valence-electron chi connectivity index (χ2n) is 5.42. The Morgan fingerprint density at radius 2 is 1.95 bits per heavy atom. The Morgan fingerprint density at radius 1 is 1.19 bits per heavy atom. The second kappa shape index (κ2) is 6.72. The summed E-state index contributed by atoms with van der Waals surface area (Å²) in [5, 5.41) is 3.58. The third-order valence-corrected chi connectivity index (χ3v) is 3.78. The molecule has 1 unspecified atom stereocenters. The van der Waals surface area contributed by atoms with Crippen LogP contribution in [0.3, 0.4) is 0 Å². The molecule has 0 aliphatic heterocycles. The highest BCUT2D eigenvalue weighted by Crippen LogP contribution is 2.34. The van der Waals surface area contributed by atoms with E-state index in [9.17, 15) is 0 Å². The maximum atomic E-state index is 5.64. The van der Waals surface area contributed by atoms with E-state index in [0.29, 0.717) is 0 Å². The van der Waals surface area contributed by atoms with Gasteiger partial charge in [-0.25, -0.2) is 0 Å². The zero-order chi connectivity index (χ0) is 15.4. The van der Waals surface area contributed by atoms with Crippen molar-refractivity contribution in [1.29, 1.82) is 0 Å². The van der Waals surface area contributed by atoms with Crippen LogP contribution < -0.4 is 10.1 Å². The first kappa shape index (κ1) is 15.5. The zero-order valence-corrected chi connectivity index (χ0v) is 13.5. The number of ether oxygens (including phenoxy) is 1. The third kappa shape index (κ3) is 3.24. The summed E-state index contributed by atoms with van der Waals surface area (Å²) in [6, 6.07) is 6.51. The van der Waals surface area contributed by atoms with Crippen LogP contribution >= 0.6 is 0 Å². The van der Waals surface area contributed by atoms with Gasteiger partial charge in [0, 0.05) is 18.0 Å². The van der Waals surface area contributed by atoms with E-state index in [1.807, 2.05) is 12.4 Å². The van der Waals surface area contributed by atoms with Crippen molar-refractivity contribution in [3.8, 4) is 5.75 Å². The minimum Gasteiger partial charge on any atom is -0.496 e. The predicted molar refractivity (Wildman–Crippen MR) is 87.0 cm³/mol. The summed E-state index contributed by atoms with van der Waals surface area (Å²) in [4.78, 5) is 4.20. The number of nitrogens with zero attached hydrogens (tertiary/aromatic N) is 1. The molecular weight excluding hydrogens is 260 g/mol. The number of hydrogen-bond donors (Lipinski definition) is 1. The summed E-state index contributed by atoms with van der Waals surface area (Å²) in [5.41, 5.74) is 6.10. The standard InChI is InChI=1S/C18H24N2O/c1-6-20-18(15-7-8-19-11-14(15)4)17-13(3)9-12(2)10-16(17)21-5/h7-11,18,20H,6H2,1-5H3. The highest BCUT2D eigenvalue weighted by Gasteiger charge is 2.21. The number of rotatable bonds is 5. The van der Waals surface area contributed by atoms with Crippen molar-refractivity contribution in [3.05, 3.63) is 58.4 Å². The lowest BCUT2D eigenvalue weighted by atomic mass is 9.91. The van der Waals surface area contributed by atoms with E-state index in [-0.39, 0.29) is 6.04 Å². The molecule has 2 aromatic rings. The van der Waals surface area contributed by atoms with Crippen molar-refractivity contribution in [3.63, 3.8) is 0 Å². The fourth-order valence-electron chi connectivity index (χ4n) is 2.86. The highest BCUT2D eigenvalue weighted by molar-refractivity contribution is 5.49. The number of aromatic nitrogens is 1. The lowest BCUT2D eigenvalue weighted by Crippen LogP contribution is -2.24. The van der Waals surface area contributed by atoms with Crippen molar-refractivity contribution in [1.82, 2.24) is 10.3 Å². The van der Waals surface area contributed by atoms with Crippen molar-refractivity contribution < 1.29 is 4.74 Å². The molecule has 1 atom stereocenters. The molecule has 0 fully saturated rings. The Hall–Kier alpha value is -1.87. The van der Waals surface area contributed by atoms with Crippen molar-refractivity contribution in [2.24, 2.45) is 0 Å². The van der Waals surface area contributed by atoms with E-state index in [4.69, 9.17) is 4.74 Å². The van der Waals surface area contributed by atoms with Gasteiger partial charge in [-0.2, -0.15) is 0 Å². The maximum absolute atomic E-state index is 5.64. The average molecular weight is 284 g/mol. The molecule has 1 aromatic heterocycles. The number of aryl methyl sites for hydroxylation is 3. The second-order valence-corrected chi connectivity index (χ2v) is 5.42. The van der Waals surface area contributed by atoms with Gasteiger partial charge in [-0.3, -0.25) is 4.98 Å². The lowest BCUT2D eigenvalue weighted by Gasteiger charge is -2.25. The molecule has 3 heteroatoms. The monoisotopic (exact) mass is 284 g/mol. The van der Waals surface area contributed by atoms with Crippen LogP contribution in [-0.2, 0) is 0 Å². The van der Waals surface area contributed by atoms with Crippen LogP contribution in [0, 0.1) is 20.8 Å². The Morgan fingerprint density at radius 3 is 2.57 bits per heavy atom. The van der Waals surface area contributed by atoms with E-state index in [1.54, 1.807) is 7.11 Å². The van der Waals surface area contributed by atoms with Gasteiger partial charge in [-0.1, -0.05) is 13.0 Å². The van der Waals surface area contributed by atoms with Crippen LogP contribution in [0.1, 0.15) is 40.8 Å². The first-order valence-corrected chi connectivity index (χ1v) is 7.37. The quantitative estimate of drug-likeness (QED) is 0.908. The van der Waals surface area contributed by atoms with Gasteiger partial charge in [-0.15, -0.1) is 0 Å². The van der Waals surface area contributed by atoms with E-state index in [2.05, 4.69) is 56.2 Å². The first-order valence-electron chi connectivity index (χ1n) is 7.37. The average Bonchev–Trinajstić information content (AvgIpc) is 2.45. The van der Waals surface area contributed by atoms with Crippen LogP contribution in [0.4, 0.5) is 0 Å². The SMILES string of the molecule is CCNC(c1ccncc1C)c1c(C)cc(C)cc1OC. The summed E-state index contributed by atoms with van der Waals surface area (Å²) < 4.78 is 5.64. The molecule has 112 valence electrons. The number of pyridine rings is 1. The summed E-state index contributed by atoms with van der Waals surface area (Å²) in [6.45, 7) is 9.36. The lowest BCUT2D eigenvalue weighted by molar-refractivity contribution is 0.403. The van der Waals surface area contributed by atoms with Gasteiger partial charge in [0.2, 0.25) is 0 Å². The van der Waals surface area contributed by atoms with Crippen LogP contribution in [0.25, 0.3) is 0 Å². The van der Waals surface area contributed by atoms with E-state index < -0.39 is 0 Å². The summed E-state index contributed by atoms with van der Waals surface area (Å²) in [6.07, 6.45) is 3.76. The number of hydrogen-bond acceptors (Lipinski definition) is 3. The van der Waals surface area contributed by atoms with Gasteiger partial charge in [0.25, 0.3) is 0 Å². The molecule has 2 rings (SSSR count). The molecule has 21 heavy (non-hydrogen) atoms. The highest BCUT2D eigenvalue weighted by atomic mass is 16.5. The number of benzene rings is 1. The minimum absolute atomic E-state index is 0.119. The topological polar surface area (TPSA) is 34.2 Å². The zero-order valence-electron chi connectivity index (χ0n) is 13.5. The molecule has 3 nitrogen and oxygen atoms in total. The molecule has 0 saturated carbocycles. The molecule has 0 saturated heterocycles. The van der Waals surface area contributed by atoms with Crippen LogP contribution in [-0.4, -0.2) is 18.6 Å². The fraction of sp³-hybridized carbons (Fsp3) is 0.389. The summed E-state index contributed by atoms with van der Waals surface area (Å²) in [7, 11) is 1.74. The van der Waals surface area contributed by atoms with Gasteiger partial charge in [0.1, 0.15) is 5.75 Å². The Balaban J connectivity index is 2.61. The molecule has 0 bridgehead atoms. The fourth-order valence-corrected chi connectivity index (χ4v) is 2.86. The number of methoxy groups -OCH3 is 1. The van der Waals surface area contributed by atoms with Crippen molar-refractivity contribution >= 4 is 0 Å². The van der Waals surface area contributed by atoms with Gasteiger partial charge in [0.05, 0.1) is 13.2 Å². The molecule has 1 heterocycles. The molecule has 1 aromatic carbocycles. The van der Waals surface area contributed by atoms with Crippen LogP contribution in [0.2, 0.25) is 0 Å². The molecule has 0 radical (unpaired) electrons. The Kier molecular flexibility index (Phi) is 4.97. The largest absolute Gasteiger partial charge is 0.496 e.